The molecule has 2 aromatic heterocycles. The van der Waals surface area contributed by atoms with E-state index < -0.39 is 0 Å². The molecule has 0 saturated carbocycles. The highest BCUT2D eigenvalue weighted by Crippen LogP contribution is 2.16. The molecule has 0 bridgehead atoms. The molecule has 0 radical (unpaired) electrons. The van der Waals surface area contributed by atoms with E-state index in [1.54, 1.807) is 12.3 Å². The first kappa shape index (κ1) is 12.4. The average Bonchev–Trinajstić information content (AvgIpc) is 2.64. The minimum absolute atomic E-state index is 0.491. The van der Waals surface area contributed by atoms with Gasteiger partial charge in [0.15, 0.2) is 5.82 Å². The lowest BCUT2D eigenvalue weighted by atomic mass is 10.2. The van der Waals surface area contributed by atoms with Crippen LogP contribution in [0.1, 0.15) is 30.9 Å². The lowest BCUT2D eigenvalue weighted by Crippen LogP contribution is -2.10. The number of anilines is 1. The molecule has 1 aliphatic rings. The third-order valence-electron chi connectivity index (χ3n) is 3.36. The predicted octanol–water partition coefficient (Wildman–Crippen LogP) is 2.67. The Morgan fingerprint density at radius 2 is 2.21 bits per heavy atom. The van der Waals surface area contributed by atoms with E-state index in [4.69, 9.17) is 11.6 Å². The van der Waals surface area contributed by atoms with Crippen molar-refractivity contribution in [2.45, 2.75) is 38.8 Å². The van der Waals surface area contributed by atoms with E-state index in [0.29, 0.717) is 11.7 Å². The van der Waals surface area contributed by atoms with Gasteiger partial charge in [0.2, 0.25) is 0 Å². The minimum atomic E-state index is 0.491. The van der Waals surface area contributed by atoms with Crippen LogP contribution in [0.15, 0.2) is 18.3 Å². The van der Waals surface area contributed by atoms with Gasteiger partial charge in [-0.05, 0) is 25.0 Å². The van der Waals surface area contributed by atoms with Gasteiger partial charge >= 0.3 is 0 Å². The summed E-state index contributed by atoms with van der Waals surface area (Å²) in [6, 6.07) is 3.70. The summed E-state index contributed by atoms with van der Waals surface area (Å²) in [5, 5.41) is 12.4. The average molecular weight is 278 g/mol. The SMILES string of the molecule is Clc1cc(NCc2nnc3n2CCCCC3)ccn1. The van der Waals surface area contributed by atoms with Crippen molar-refractivity contribution in [3.63, 3.8) is 0 Å². The molecule has 19 heavy (non-hydrogen) atoms. The number of aromatic nitrogens is 4. The molecule has 3 rings (SSSR count). The van der Waals surface area contributed by atoms with Gasteiger partial charge in [0.1, 0.15) is 11.0 Å². The van der Waals surface area contributed by atoms with Gasteiger partial charge in [-0.2, -0.15) is 0 Å². The van der Waals surface area contributed by atoms with Gasteiger partial charge in [0.25, 0.3) is 0 Å². The van der Waals surface area contributed by atoms with Gasteiger partial charge in [-0.1, -0.05) is 18.0 Å². The fourth-order valence-corrected chi connectivity index (χ4v) is 2.54. The summed E-state index contributed by atoms with van der Waals surface area (Å²) >= 11 is 5.86. The van der Waals surface area contributed by atoms with E-state index in [1.165, 1.54) is 19.3 Å². The third kappa shape index (κ3) is 2.87. The van der Waals surface area contributed by atoms with Crippen molar-refractivity contribution in [1.82, 2.24) is 19.7 Å². The molecule has 0 aliphatic carbocycles. The van der Waals surface area contributed by atoms with Gasteiger partial charge in [-0.3, -0.25) is 0 Å². The first-order chi connectivity index (χ1) is 9.33. The maximum absolute atomic E-state index is 5.86. The van der Waals surface area contributed by atoms with Crippen LogP contribution in [0.25, 0.3) is 0 Å². The quantitative estimate of drug-likeness (QED) is 0.877. The van der Waals surface area contributed by atoms with Crippen LogP contribution in [-0.2, 0) is 19.5 Å². The molecule has 1 aliphatic heterocycles. The molecule has 5 nitrogen and oxygen atoms in total. The molecule has 0 unspecified atom stereocenters. The topological polar surface area (TPSA) is 55.6 Å². The second-order valence-corrected chi connectivity index (χ2v) is 5.10. The Kier molecular flexibility index (Phi) is 3.64. The first-order valence-electron chi connectivity index (χ1n) is 6.59. The standard InChI is InChI=1S/C13H16ClN5/c14-11-8-10(5-6-15-11)16-9-13-18-17-12-4-2-1-3-7-19(12)13/h5-6,8H,1-4,7,9H2,(H,15,16). The second-order valence-electron chi connectivity index (χ2n) is 4.72. The van der Waals surface area contributed by atoms with Crippen LogP contribution < -0.4 is 5.32 Å². The van der Waals surface area contributed by atoms with Crippen LogP contribution in [-0.4, -0.2) is 19.7 Å². The summed E-state index contributed by atoms with van der Waals surface area (Å²) < 4.78 is 2.24. The van der Waals surface area contributed by atoms with Gasteiger partial charge in [0, 0.05) is 24.8 Å². The monoisotopic (exact) mass is 277 g/mol. The molecule has 0 spiro atoms. The fraction of sp³-hybridized carbons (Fsp3) is 0.462. The van der Waals surface area contributed by atoms with E-state index in [-0.39, 0.29) is 0 Å². The zero-order chi connectivity index (χ0) is 13.1. The number of pyridine rings is 1. The first-order valence-corrected chi connectivity index (χ1v) is 6.97. The van der Waals surface area contributed by atoms with Crippen LogP contribution in [0.2, 0.25) is 5.15 Å². The molecule has 2 aromatic rings. The molecule has 0 saturated heterocycles. The highest BCUT2D eigenvalue weighted by Gasteiger charge is 2.14. The van der Waals surface area contributed by atoms with Crippen LogP contribution in [0.3, 0.4) is 0 Å². The van der Waals surface area contributed by atoms with E-state index in [1.807, 2.05) is 6.07 Å². The Bertz CT molecular complexity index is 566. The van der Waals surface area contributed by atoms with E-state index in [9.17, 15) is 0 Å². The normalized spacial score (nSPS) is 14.8. The van der Waals surface area contributed by atoms with E-state index in [0.717, 1.165) is 30.3 Å². The lowest BCUT2D eigenvalue weighted by molar-refractivity contribution is 0.610. The Morgan fingerprint density at radius 1 is 1.26 bits per heavy atom. The molecule has 0 atom stereocenters. The van der Waals surface area contributed by atoms with Crippen molar-refractivity contribution in [3.05, 3.63) is 35.1 Å². The third-order valence-corrected chi connectivity index (χ3v) is 3.57. The Labute approximate surface area is 117 Å². The number of halogens is 1. The van der Waals surface area contributed by atoms with Crippen LogP contribution in [0.5, 0.6) is 0 Å². The Morgan fingerprint density at radius 3 is 3.11 bits per heavy atom. The van der Waals surface area contributed by atoms with Crippen molar-refractivity contribution in [1.29, 1.82) is 0 Å². The van der Waals surface area contributed by atoms with Crippen molar-refractivity contribution in [2.75, 3.05) is 5.32 Å². The number of aryl methyl sites for hydroxylation is 1. The second kappa shape index (κ2) is 5.57. The fourth-order valence-electron chi connectivity index (χ4n) is 2.37. The van der Waals surface area contributed by atoms with Crippen LogP contribution in [0, 0.1) is 0 Å². The minimum Gasteiger partial charge on any atom is -0.378 e. The summed E-state index contributed by atoms with van der Waals surface area (Å²) in [6.07, 6.45) is 6.42. The zero-order valence-electron chi connectivity index (χ0n) is 10.6. The molecule has 6 heteroatoms. The van der Waals surface area contributed by atoms with E-state index >= 15 is 0 Å². The maximum Gasteiger partial charge on any atom is 0.152 e. The lowest BCUT2D eigenvalue weighted by Gasteiger charge is -2.09. The van der Waals surface area contributed by atoms with Gasteiger partial charge in [0.05, 0.1) is 6.54 Å². The van der Waals surface area contributed by atoms with E-state index in [2.05, 4.69) is 25.1 Å². The highest BCUT2D eigenvalue weighted by atomic mass is 35.5. The number of hydrogen-bond acceptors (Lipinski definition) is 4. The molecule has 100 valence electrons. The molecule has 0 amide bonds. The smallest absolute Gasteiger partial charge is 0.152 e. The molecular weight excluding hydrogens is 262 g/mol. The molecule has 3 heterocycles. The number of rotatable bonds is 3. The predicted molar refractivity (Wildman–Crippen MR) is 74.2 cm³/mol. The number of nitrogens with zero attached hydrogens (tertiary/aromatic N) is 4. The van der Waals surface area contributed by atoms with Crippen LogP contribution >= 0.6 is 11.6 Å². The number of nitrogens with one attached hydrogen (secondary N) is 1. The molecular formula is C13H16ClN5. The number of hydrogen-bond donors (Lipinski definition) is 1. The summed E-state index contributed by atoms with van der Waals surface area (Å²) in [5.41, 5.74) is 0.950. The van der Waals surface area contributed by atoms with Crippen molar-refractivity contribution in [3.8, 4) is 0 Å². The van der Waals surface area contributed by atoms with Crippen molar-refractivity contribution >= 4 is 17.3 Å². The van der Waals surface area contributed by atoms with Crippen molar-refractivity contribution < 1.29 is 0 Å². The maximum atomic E-state index is 5.86. The van der Waals surface area contributed by atoms with Gasteiger partial charge in [-0.15, -0.1) is 10.2 Å². The van der Waals surface area contributed by atoms with Crippen LogP contribution in [0.4, 0.5) is 5.69 Å². The number of fused-ring (bicyclic) bond motifs is 1. The zero-order valence-corrected chi connectivity index (χ0v) is 11.4. The Hall–Kier alpha value is -1.62. The summed E-state index contributed by atoms with van der Waals surface area (Å²) in [7, 11) is 0. The largest absolute Gasteiger partial charge is 0.378 e. The molecule has 1 N–H and O–H groups in total. The van der Waals surface area contributed by atoms with Gasteiger partial charge < -0.3 is 9.88 Å². The Balaban J connectivity index is 1.72. The van der Waals surface area contributed by atoms with Crippen molar-refractivity contribution in [2.24, 2.45) is 0 Å². The molecule has 0 fully saturated rings. The summed E-state index contributed by atoms with van der Waals surface area (Å²) in [6.45, 7) is 1.68. The summed E-state index contributed by atoms with van der Waals surface area (Å²) in [4.78, 5) is 3.96. The highest BCUT2D eigenvalue weighted by molar-refractivity contribution is 6.29. The molecule has 0 aromatic carbocycles. The summed E-state index contributed by atoms with van der Waals surface area (Å²) in [5.74, 6) is 2.10. The van der Waals surface area contributed by atoms with Gasteiger partial charge in [-0.25, -0.2) is 4.98 Å².